The summed E-state index contributed by atoms with van der Waals surface area (Å²) in [5, 5.41) is 12.7. The minimum atomic E-state index is -0.00573. The highest BCUT2D eigenvalue weighted by Crippen LogP contribution is 2.24. The summed E-state index contributed by atoms with van der Waals surface area (Å²) in [5.41, 5.74) is 1.58. The van der Waals surface area contributed by atoms with Crippen LogP contribution < -0.4 is 4.90 Å². The van der Waals surface area contributed by atoms with Gasteiger partial charge in [0.1, 0.15) is 5.69 Å². The van der Waals surface area contributed by atoms with E-state index < -0.39 is 0 Å². The molecule has 0 bridgehead atoms. The van der Waals surface area contributed by atoms with Gasteiger partial charge in [-0.2, -0.15) is 10.2 Å². The average molecular weight is 328 g/mol. The Hall–Kier alpha value is -2.44. The Morgan fingerprint density at radius 2 is 1.92 bits per heavy atom. The Morgan fingerprint density at radius 1 is 1.21 bits per heavy atom. The normalized spacial score (nSPS) is 15.3. The molecule has 0 N–H and O–H groups in total. The van der Waals surface area contributed by atoms with Gasteiger partial charge in [-0.1, -0.05) is 20.8 Å². The second kappa shape index (κ2) is 5.89. The molecule has 7 nitrogen and oxygen atoms in total. The number of aryl methyl sites for hydroxylation is 1. The van der Waals surface area contributed by atoms with Gasteiger partial charge in [-0.25, -0.2) is 0 Å². The minimum absolute atomic E-state index is 0.00124. The lowest BCUT2D eigenvalue weighted by Gasteiger charge is -2.44. The van der Waals surface area contributed by atoms with E-state index in [-0.39, 0.29) is 17.4 Å². The first-order valence-corrected chi connectivity index (χ1v) is 8.11. The van der Waals surface area contributed by atoms with Crippen molar-refractivity contribution in [3.63, 3.8) is 0 Å². The van der Waals surface area contributed by atoms with Crippen molar-refractivity contribution in [3.8, 4) is 0 Å². The third-order valence-electron chi connectivity index (χ3n) is 4.51. The fraction of sp³-hybridized carbons (Fsp3) is 0.529. The molecule has 1 amide bonds. The van der Waals surface area contributed by atoms with Gasteiger partial charge in [0, 0.05) is 38.8 Å². The molecule has 0 aromatic carbocycles. The molecule has 2 aromatic rings. The highest BCUT2D eigenvalue weighted by atomic mass is 16.2. The van der Waals surface area contributed by atoms with Crippen LogP contribution in [0.3, 0.4) is 0 Å². The summed E-state index contributed by atoms with van der Waals surface area (Å²) < 4.78 is 1.60. The molecule has 3 heterocycles. The Balaban J connectivity index is 1.61. The van der Waals surface area contributed by atoms with Gasteiger partial charge in [-0.15, -0.1) is 5.10 Å². The summed E-state index contributed by atoms with van der Waals surface area (Å²) in [6, 6.07) is 5.95. The van der Waals surface area contributed by atoms with Crippen LogP contribution in [0, 0.1) is 0 Å². The zero-order valence-corrected chi connectivity index (χ0v) is 14.9. The maximum absolute atomic E-state index is 12.5. The predicted octanol–water partition coefficient (Wildman–Crippen LogP) is 1.47. The Bertz CT molecular complexity index is 724. The minimum Gasteiger partial charge on any atom is -0.351 e. The summed E-state index contributed by atoms with van der Waals surface area (Å²) in [4.78, 5) is 16.4. The van der Waals surface area contributed by atoms with Crippen LogP contribution in [0.2, 0.25) is 0 Å². The Morgan fingerprint density at radius 3 is 2.42 bits per heavy atom. The smallest absolute Gasteiger partial charge is 0.272 e. The topological polar surface area (TPSA) is 67.2 Å². The molecule has 0 spiro atoms. The van der Waals surface area contributed by atoms with Crippen LogP contribution in [0.5, 0.6) is 0 Å². The van der Waals surface area contributed by atoms with E-state index >= 15 is 0 Å². The van der Waals surface area contributed by atoms with Crippen molar-refractivity contribution in [1.29, 1.82) is 0 Å². The van der Waals surface area contributed by atoms with E-state index in [0.29, 0.717) is 5.69 Å². The van der Waals surface area contributed by atoms with Gasteiger partial charge < -0.3 is 9.80 Å². The van der Waals surface area contributed by atoms with Crippen molar-refractivity contribution < 1.29 is 4.79 Å². The molecule has 1 aliphatic rings. The number of amides is 1. The monoisotopic (exact) mass is 328 g/mol. The van der Waals surface area contributed by atoms with E-state index in [2.05, 4.69) is 41.0 Å². The molecule has 24 heavy (non-hydrogen) atoms. The number of hydrogen-bond donors (Lipinski definition) is 0. The van der Waals surface area contributed by atoms with Crippen LogP contribution in [0.1, 0.15) is 37.0 Å². The molecular formula is C17H24N6O. The number of likely N-dealkylation sites (N-methyl/N-ethyl adjacent to an activating group) is 1. The van der Waals surface area contributed by atoms with E-state index in [1.807, 2.05) is 19.2 Å². The quantitative estimate of drug-likeness (QED) is 0.853. The fourth-order valence-corrected chi connectivity index (χ4v) is 2.71. The molecule has 1 aliphatic heterocycles. The number of anilines is 1. The lowest BCUT2D eigenvalue weighted by molar-refractivity contribution is 0.0694. The second-order valence-corrected chi connectivity index (χ2v) is 7.34. The molecule has 0 atom stereocenters. The molecule has 2 aromatic heterocycles. The van der Waals surface area contributed by atoms with Crippen LogP contribution in [-0.2, 0) is 12.5 Å². The number of aromatic nitrogens is 4. The Kier molecular flexibility index (Phi) is 4.03. The third-order valence-corrected chi connectivity index (χ3v) is 4.51. The van der Waals surface area contributed by atoms with Crippen molar-refractivity contribution in [2.75, 3.05) is 25.0 Å². The molecule has 128 valence electrons. The Labute approximate surface area is 142 Å². The summed E-state index contributed by atoms with van der Waals surface area (Å²) in [6.45, 7) is 7.90. The molecular weight excluding hydrogens is 304 g/mol. The summed E-state index contributed by atoms with van der Waals surface area (Å²) in [5.74, 6) is 0.856. The van der Waals surface area contributed by atoms with Gasteiger partial charge in [0.25, 0.3) is 5.91 Å². The summed E-state index contributed by atoms with van der Waals surface area (Å²) in [7, 11) is 3.62. The van der Waals surface area contributed by atoms with Crippen molar-refractivity contribution in [1.82, 2.24) is 24.9 Å². The van der Waals surface area contributed by atoms with Gasteiger partial charge >= 0.3 is 0 Å². The summed E-state index contributed by atoms with van der Waals surface area (Å²) in [6.07, 6.45) is 1.64. The van der Waals surface area contributed by atoms with Crippen LogP contribution >= 0.6 is 0 Å². The first-order chi connectivity index (χ1) is 11.3. The highest BCUT2D eigenvalue weighted by molar-refractivity contribution is 5.92. The second-order valence-electron chi connectivity index (χ2n) is 7.34. The van der Waals surface area contributed by atoms with Gasteiger partial charge in [-0.05, 0) is 18.2 Å². The molecule has 7 heteroatoms. The number of carbonyl (C=O) groups excluding carboxylic acids is 1. The maximum atomic E-state index is 12.5. The number of carbonyl (C=O) groups is 1. The first kappa shape index (κ1) is 16.4. The van der Waals surface area contributed by atoms with Gasteiger partial charge in [0.2, 0.25) is 0 Å². The van der Waals surface area contributed by atoms with E-state index in [1.165, 1.54) is 0 Å². The van der Waals surface area contributed by atoms with Crippen LogP contribution in [-0.4, -0.2) is 57.0 Å². The largest absolute Gasteiger partial charge is 0.351 e. The van der Waals surface area contributed by atoms with Gasteiger partial charge in [-0.3, -0.25) is 9.48 Å². The van der Waals surface area contributed by atoms with E-state index in [4.69, 9.17) is 0 Å². The van der Waals surface area contributed by atoms with Crippen LogP contribution in [0.25, 0.3) is 0 Å². The standard InChI is InChI=1S/C17H24N6O/c1-17(2,3)14-6-7-15(20-19-14)23-10-12(11-23)21(4)16(24)13-8-9-18-22(13)5/h6-9,12H,10-11H2,1-5H3. The van der Waals surface area contributed by atoms with Gasteiger partial charge in [0.05, 0.1) is 11.7 Å². The van der Waals surface area contributed by atoms with Crippen LogP contribution in [0.4, 0.5) is 5.82 Å². The van der Waals surface area contributed by atoms with Crippen molar-refractivity contribution in [3.05, 3.63) is 35.8 Å². The lowest BCUT2D eigenvalue weighted by Crippen LogP contribution is -2.60. The van der Waals surface area contributed by atoms with Crippen LogP contribution in [0.15, 0.2) is 24.4 Å². The van der Waals surface area contributed by atoms with Gasteiger partial charge in [0.15, 0.2) is 5.82 Å². The molecule has 3 rings (SSSR count). The molecule has 0 aliphatic carbocycles. The highest BCUT2D eigenvalue weighted by Gasteiger charge is 2.34. The molecule has 0 saturated carbocycles. The average Bonchev–Trinajstić information content (AvgIpc) is 2.90. The maximum Gasteiger partial charge on any atom is 0.272 e. The lowest BCUT2D eigenvalue weighted by atomic mass is 9.92. The van der Waals surface area contributed by atoms with E-state index in [0.717, 1.165) is 24.6 Å². The third kappa shape index (κ3) is 2.98. The predicted molar refractivity (Wildman–Crippen MR) is 92.0 cm³/mol. The van der Waals surface area contributed by atoms with Crippen molar-refractivity contribution in [2.45, 2.75) is 32.2 Å². The number of hydrogen-bond acceptors (Lipinski definition) is 5. The zero-order chi connectivity index (χ0) is 17.5. The van der Waals surface area contributed by atoms with Crippen molar-refractivity contribution in [2.24, 2.45) is 7.05 Å². The molecule has 1 fully saturated rings. The molecule has 0 radical (unpaired) electrons. The fourth-order valence-electron chi connectivity index (χ4n) is 2.71. The summed E-state index contributed by atoms with van der Waals surface area (Å²) >= 11 is 0. The number of nitrogens with zero attached hydrogens (tertiary/aromatic N) is 6. The zero-order valence-electron chi connectivity index (χ0n) is 14.9. The van der Waals surface area contributed by atoms with E-state index in [9.17, 15) is 4.79 Å². The SMILES string of the molecule is CN(C(=O)c1ccnn1C)C1CN(c2ccc(C(C)(C)C)nn2)C1. The molecule has 0 unspecified atom stereocenters. The van der Waals surface area contributed by atoms with Crippen molar-refractivity contribution >= 4 is 11.7 Å². The first-order valence-electron chi connectivity index (χ1n) is 8.11. The molecule has 1 saturated heterocycles. The number of rotatable bonds is 3. The van der Waals surface area contributed by atoms with E-state index in [1.54, 1.807) is 28.9 Å².